The van der Waals surface area contributed by atoms with Crippen LogP contribution < -0.4 is 5.32 Å². The predicted octanol–water partition coefficient (Wildman–Crippen LogP) is 3.05. The van der Waals surface area contributed by atoms with Crippen LogP contribution in [0.1, 0.15) is 65.7 Å². The summed E-state index contributed by atoms with van der Waals surface area (Å²) in [6, 6.07) is 0. The Morgan fingerprint density at radius 1 is 0.812 bits per heavy atom. The predicted molar refractivity (Wildman–Crippen MR) is 137 cm³/mol. The third-order valence-corrected chi connectivity index (χ3v) is 7.10. The quantitative estimate of drug-likeness (QED) is 0.503. The summed E-state index contributed by atoms with van der Waals surface area (Å²) in [6.07, 6.45) is 13.4. The van der Waals surface area contributed by atoms with E-state index in [2.05, 4.69) is 58.1 Å². The van der Waals surface area contributed by atoms with E-state index in [0.29, 0.717) is 13.1 Å². The van der Waals surface area contributed by atoms with Gasteiger partial charge in [0, 0.05) is 71.3 Å². The number of aliphatic hydroxyl groups excluding tert-OH is 1. The lowest BCUT2D eigenvalue weighted by Gasteiger charge is -2.33. The number of aliphatic hydroxyl groups is 1. The van der Waals surface area contributed by atoms with Crippen molar-refractivity contribution in [2.24, 2.45) is 5.92 Å². The fourth-order valence-electron chi connectivity index (χ4n) is 5.06. The molecule has 0 bridgehead atoms. The number of hydrogen-bond acceptors (Lipinski definition) is 6. The van der Waals surface area contributed by atoms with Crippen molar-refractivity contribution in [3.05, 3.63) is 12.4 Å². The van der Waals surface area contributed by atoms with Gasteiger partial charge in [-0.15, -0.1) is 0 Å². The van der Waals surface area contributed by atoms with Crippen molar-refractivity contribution in [2.45, 2.75) is 71.8 Å². The molecule has 2 rings (SSSR count). The van der Waals surface area contributed by atoms with Gasteiger partial charge in [0.1, 0.15) is 0 Å². The van der Waals surface area contributed by atoms with Crippen molar-refractivity contribution in [1.29, 1.82) is 0 Å². The maximum Gasteiger partial charge on any atom is 0.0838 e. The number of likely N-dealkylation sites (N-methyl/N-ethyl adjacent to an activating group) is 1. The zero-order valence-electron chi connectivity index (χ0n) is 21.5. The van der Waals surface area contributed by atoms with E-state index in [-0.39, 0.29) is 6.10 Å². The molecule has 2 N–H and O–H groups in total. The molecule has 1 fully saturated rings. The molecule has 1 aliphatic carbocycles. The normalized spacial score (nSPS) is 23.0. The van der Waals surface area contributed by atoms with Crippen molar-refractivity contribution in [2.75, 3.05) is 78.5 Å². The summed E-state index contributed by atoms with van der Waals surface area (Å²) < 4.78 is 0. The van der Waals surface area contributed by atoms with Crippen molar-refractivity contribution in [3.63, 3.8) is 0 Å². The van der Waals surface area contributed by atoms with Gasteiger partial charge in [-0.25, -0.2) is 0 Å². The van der Waals surface area contributed by atoms with E-state index in [1.165, 1.54) is 51.5 Å². The molecule has 0 radical (unpaired) electrons. The third-order valence-electron chi connectivity index (χ3n) is 7.10. The van der Waals surface area contributed by atoms with Crippen LogP contribution in [0, 0.1) is 5.92 Å². The van der Waals surface area contributed by atoms with E-state index in [1.54, 1.807) is 0 Å². The van der Waals surface area contributed by atoms with Crippen molar-refractivity contribution in [3.8, 4) is 0 Å². The number of β-amino-alcohol motifs (C(OH)–C–C–N with tert-alkyl or cyclic N) is 1. The van der Waals surface area contributed by atoms with Gasteiger partial charge in [0.2, 0.25) is 0 Å². The Balaban J connectivity index is 1.89. The molecule has 0 amide bonds. The first-order valence-corrected chi connectivity index (χ1v) is 13.6. The second-order valence-corrected chi connectivity index (χ2v) is 9.92. The summed E-state index contributed by atoms with van der Waals surface area (Å²) in [4.78, 5) is 9.98. The van der Waals surface area contributed by atoms with Crippen LogP contribution in [-0.2, 0) is 0 Å². The topological polar surface area (TPSA) is 45.2 Å². The average molecular weight is 452 g/mol. The molecule has 32 heavy (non-hydrogen) atoms. The summed E-state index contributed by atoms with van der Waals surface area (Å²) >= 11 is 0. The van der Waals surface area contributed by atoms with E-state index in [4.69, 9.17) is 0 Å². The molecule has 0 aromatic heterocycles. The van der Waals surface area contributed by atoms with Gasteiger partial charge in [-0.1, -0.05) is 33.1 Å². The maximum atomic E-state index is 10.7. The zero-order chi connectivity index (χ0) is 23.0. The molecule has 1 saturated carbocycles. The summed E-state index contributed by atoms with van der Waals surface area (Å²) in [5.41, 5.74) is 0. The molecule has 2 aliphatic rings. The summed E-state index contributed by atoms with van der Waals surface area (Å²) in [7, 11) is 0. The highest BCUT2D eigenvalue weighted by Crippen LogP contribution is 2.22. The fourth-order valence-corrected chi connectivity index (χ4v) is 5.06. The zero-order valence-corrected chi connectivity index (χ0v) is 21.5. The first-order valence-electron chi connectivity index (χ1n) is 13.6. The van der Waals surface area contributed by atoms with Gasteiger partial charge >= 0.3 is 0 Å². The minimum Gasteiger partial charge on any atom is -0.390 e. The Kier molecular flexibility index (Phi) is 14.3. The van der Waals surface area contributed by atoms with Crippen molar-refractivity contribution >= 4 is 0 Å². The third kappa shape index (κ3) is 11.4. The molecule has 1 heterocycles. The van der Waals surface area contributed by atoms with Gasteiger partial charge in [-0.05, 0) is 58.2 Å². The monoisotopic (exact) mass is 451 g/mol. The SMILES string of the molecule is CCCN1CCN(CC)/C=C\N(CC(O)CNCC2CCCCC2)CCN(CCC)CC1. The van der Waals surface area contributed by atoms with Gasteiger partial charge in [-0.2, -0.15) is 0 Å². The first kappa shape index (κ1) is 27.4. The Hall–Kier alpha value is -0.820. The molecule has 1 unspecified atom stereocenters. The minimum atomic E-state index is -0.328. The molecule has 0 saturated heterocycles. The van der Waals surface area contributed by atoms with Gasteiger partial charge in [-0.3, -0.25) is 0 Å². The lowest BCUT2D eigenvalue weighted by Crippen LogP contribution is -2.44. The van der Waals surface area contributed by atoms with Crippen LogP contribution in [0.4, 0.5) is 0 Å². The molecule has 6 nitrogen and oxygen atoms in total. The van der Waals surface area contributed by atoms with E-state index < -0.39 is 0 Å². The Labute approximate surface area is 199 Å². The van der Waals surface area contributed by atoms with Crippen LogP contribution in [0.3, 0.4) is 0 Å². The van der Waals surface area contributed by atoms with Gasteiger partial charge in [0.05, 0.1) is 6.10 Å². The second kappa shape index (κ2) is 16.7. The van der Waals surface area contributed by atoms with Gasteiger partial charge < -0.3 is 30.0 Å². The van der Waals surface area contributed by atoms with Gasteiger partial charge in [0.15, 0.2) is 0 Å². The molecule has 6 heteroatoms. The molecular formula is C26H53N5O. The highest BCUT2D eigenvalue weighted by Gasteiger charge is 2.16. The van der Waals surface area contributed by atoms with E-state index in [1.807, 2.05) is 0 Å². The molecule has 0 aromatic rings. The molecule has 0 spiro atoms. The van der Waals surface area contributed by atoms with Crippen LogP contribution >= 0.6 is 0 Å². The lowest BCUT2D eigenvalue weighted by molar-refractivity contribution is 0.118. The molecule has 0 aromatic carbocycles. The van der Waals surface area contributed by atoms with E-state index in [9.17, 15) is 5.11 Å². The number of hydrogen-bond donors (Lipinski definition) is 2. The summed E-state index contributed by atoms with van der Waals surface area (Å²) in [6.45, 7) is 19.2. The number of nitrogens with zero attached hydrogens (tertiary/aromatic N) is 4. The van der Waals surface area contributed by atoms with Crippen molar-refractivity contribution in [1.82, 2.24) is 24.9 Å². The molecule has 1 aliphatic heterocycles. The lowest BCUT2D eigenvalue weighted by atomic mass is 9.89. The molecule has 188 valence electrons. The van der Waals surface area contributed by atoms with Crippen molar-refractivity contribution < 1.29 is 5.11 Å². The Morgan fingerprint density at radius 2 is 1.38 bits per heavy atom. The summed E-state index contributed by atoms with van der Waals surface area (Å²) in [5, 5.41) is 14.3. The second-order valence-electron chi connectivity index (χ2n) is 9.92. The van der Waals surface area contributed by atoms with E-state index >= 15 is 0 Å². The van der Waals surface area contributed by atoms with Crippen LogP contribution in [0.2, 0.25) is 0 Å². The van der Waals surface area contributed by atoms with Gasteiger partial charge in [0.25, 0.3) is 0 Å². The molecule has 1 atom stereocenters. The highest BCUT2D eigenvalue weighted by atomic mass is 16.3. The smallest absolute Gasteiger partial charge is 0.0838 e. The minimum absolute atomic E-state index is 0.328. The average Bonchev–Trinajstić information content (AvgIpc) is 2.80. The Bertz CT molecular complexity index is 483. The largest absolute Gasteiger partial charge is 0.390 e. The summed E-state index contributed by atoms with van der Waals surface area (Å²) in [5.74, 6) is 0.811. The maximum absolute atomic E-state index is 10.7. The van der Waals surface area contributed by atoms with Crippen LogP contribution in [0.15, 0.2) is 12.4 Å². The number of rotatable bonds is 11. The van der Waals surface area contributed by atoms with E-state index in [0.717, 1.165) is 64.8 Å². The fraction of sp³-hybridized carbons (Fsp3) is 0.923. The first-order chi connectivity index (χ1) is 15.6. The molecular weight excluding hydrogens is 398 g/mol. The van der Waals surface area contributed by atoms with Crippen LogP contribution in [0.25, 0.3) is 0 Å². The Morgan fingerprint density at radius 3 is 1.97 bits per heavy atom. The van der Waals surface area contributed by atoms with Crippen LogP contribution in [0.5, 0.6) is 0 Å². The highest BCUT2D eigenvalue weighted by molar-refractivity contribution is 4.86. The van der Waals surface area contributed by atoms with Crippen LogP contribution in [-0.4, -0.2) is 109 Å². The standard InChI is InChI=1S/C26H53N5O/c1-4-12-29-16-14-28(6-3)15-20-31(21-19-30(13-5-2)18-17-29)24-26(32)23-27-22-25-10-8-7-9-11-25/h15,20,25-27,32H,4-14,16-19,21-24H2,1-3H3/b20-15-. The number of nitrogens with one attached hydrogen (secondary N) is 1.